The molecule has 0 N–H and O–H groups in total. The Morgan fingerprint density at radius 3 is 2.43 bits per heavy atom. The molecule has 0 aliphatic heterocycles. The first-order valence-electron chi connectivity index (χ1n) is 9.03. The summed E-state index contributed by atoms with van der Waals surface area (Å²) >= 11 is 0. The largest absolute Gasteiger partial charge is 0.103 e. The van der Waals surface area contributed by atoms with Crippen molar-refractivity contribution in [1.29, 1.82) is 0 Å². The van der Waals surface area contributed by atoms with Crippen LogP contribution in [0.1, 0.15) is 66.2 Å². The van der Waals surface area contributed by atoms with Crippen LogP contribution < -0.4 is 0 Å². The van der Waals surface area contributed by atoms with Gasteiger partial charge < -0.3 is 0 Å². The third-order valence-electron chi connectivity index (χ3n) is 4.87. The number of allylic oxidation sites excluding steroid dienone is 10. The fourth-order valence-electron chi connectivity index (χ4n) is 3.78. The van der Waals surface area contributed by atoms with Crippen LogP contribution in [0.5, 0.6) is 0 Å². The van der Waals surface area contributed by atoms with Crippen molar-refractivity contribution in [2.75, 3.05) is 0 Å². The summed E-state index contributed by atoms with van der Waals surface area (Å²) in [7, 11) is 0. The highest BCUT2D eigenvalue weighted by Gasteiger charge is 2.32. The van der Waals surface area contributed by atoms with Gasteiger partial charge in [0.25, 0.3) is 0 Å². The van der Waals surface area contributed by atoms with Gasteiger partial charge in [-0.1, -0.05) is 55.5 Å². The predicted molar refractivity (Wildman–Crippen MR) is 106 cm³/mol. The standard InChI is InChI=1S/C23H34/c1-7-14-21(20-15-12-11-13-16-20)22(10-4)23(17-8-2,18-9-3)19(5)6/h7-9,14-15,18H,2,5,10-13,16-17H2,1,3-4,6H3. The maximum atomic E-state index is 4.34. The van der Waals surface area contributed by atoms with E-state index in [-0.39, 0.29) is 5.41 Å². The van der Waals surface area contributed by atoms with Crippen molar-refractivity contribution in [3.63, 3.8) is 0 Å². The Bertz CT molecular complexity index is 536. The Morgan fingerprint density at radius 2 is 2.00 bits per heavy atom. The van der Waals surface area contributed by atoms with Gasteiger partial charge in [0.15, 0.2) is 0 Å². The molecule has 1 aliphatic carbocycles. The molecule has 1 atom stereocenters. The monoisotopic (exact) mass is 310 g/mol. The summed E-state index contributed by atoms with van der Waals surface area (Å²) in [6, 6.07) is 0. The van der Waals surface area contributed by atoms with Gasteiger partial charge in [-0.2, -0.15) is 0 Å². The lowest BCUT2D eigenvalue weighted by atomic mass is 9.68. The third kappa shape index (κ3) is 4.47. The first kappa shape index (κ1) is 19.5. The summed E-state index contributed by atoms with van der Waals surface area (Å²) in [6.07, 6.45) is 20.4. The van der Waals surface area contributed by atoms with Crippen LogP contribution in [-0.2, 0) is 0 Å². The average Bonchev–Trinajstić information content (AvgIpc) is 2.55. The summed E-state index contributed by atoms with van der Waals surface area (Å²) in [4.78, 5) is 0. The van der Waals surface area contributed by atoms with E-state index in [0.29, 0.717) is 0 Å². The molecule has 0 spiro atoms. The normalized spacial score (nSPS) is 19.4. The summed E-state index contributed by atoms with van der Waals surface area (Å²) in [5, 5.41) is 0. The molecule has 1 unspecified atom stereocenters. The minimum absolute atomic E-state index is 0.113. The second-order valence-corrected chi connectivity index (χ2v) is 6.47. The molecule has 0 heteroatoms. The molecule has 0 bridgehead atoms. The van der Waals surface area contributed by atoms with E-state index in [2.05, 4.69) is 71.2 Å². The van der Waals surface area contributed by atoms with Gasteiger partial charge in [0.1, 0.15) is 0 Å². The van der Waals surface area contributed by atoms with Gasteiger partial charge in [-0.3, -0.25) is 0 Å². The summed E-state index contributed by atoms with van der Waals surface area (Å²) in [5.41, 5.74) is 5.52. The number of hydrogen-bond acceptors (Lipinski definition) is 0. The maximum Gasteiger partial charge on any atom is 0.0338 e. The molecule has 0 saturated heterocycles. The van der Waals surface area contributed by atoms with Gasteiger partial charge in [-0.15, -0.1) is 6.58 Å². The van der Waals surface area contributed by atoms with E-state index in [9.17, 15) is 0 Å². The predicted octanol–water partition coefficient (Wildman–Crippen LogP) is 7.48. The van der Waals surface area contributed by atoms with E-state index in [1.54, 1.807) is 0 Å². The topological polar surface area (TPSA) is 0 Å². The van der Waals surface area contributed by atoms with E-state index in [1.807, 2.05) is 6.08 Å². The van der Waals surface area contributed by atoms with Crippen molar-refractivity contribution in [3.05, 3.63) is 71.9 Å². The molecule has 0 heterocycles. The highest BCUT2D eigenvalue weighted by Crippen LogP contribution is 2.45. The summed E-state index contributed by atoms with van der Waals surface area (Å²) in [5.74, 6) is 0. The first-order valence-corrected chi connectivity index (χ1v) is 9.03. The van der Waals surface area contributed by atoms with E-state index >= 15 is 0 Å². The Balaban J connectivity index is 3.65. The van der Waals surface area contributed by atoms with Crippen molar-refractivity contribution < 1.29 is 0 Å². The minimum Gasteiger partial charge on any atom is -0.103 e. The Labute approximate surface area is 144 Å². The van der Waals surface area contributed by atoms with Crippen molar-refractivity contribution in [2.24, 2.45) is 5.41 Å². The van der Waals surface area contributed by atoms with Crippen LogP contribution in [0, 0.1) is 5.41 Å². The van der Waals surface area contributed by atoms with Crippen LogP contribution in [0.25, 0.3) is 0 Å². The molecule has 0 fully saturated rings. The third-order valence-corrected chi connectivity index (χ3v) is 4.87. The van der Waals surface area contributed by atoms with E-state index in [0.717, 1.165) is 12.8 Å². The quantitative estimate of drug-likeness (QED) is 0.322. The highest BCUT2D eigenvalue weighted by atomic mass is 14.4. The molecule has 0 saturated carbocycles. The SMILES string of the molecule is C=CCC(C=CC)(C(=C)C)C(CC)=C(C=CC)C1=CCCCC1. The molecule has 23 heavy (non-hydrogen) atoms. The zero-order valence-corrected chi connectivity index (χ0v) is 15.6. The molecule has 0 aromatic rings. The van der Waals surface area contributed by atoms with Gasteiger partial charge in [-0.05, 0) is 76.0 Å². The van der Waals surface area contributed by atoms with Crippen LogP contribution in [0.4, 0.5) is 0 Å². The molecule has 0 aromatic carbocycles. The van der Waals surface area contributed by atoms with Gasteiger partial charge >= 0.3 is 0 Å². The van der Waals surface area contributed by atoms with Crippen LogP contribution in [-0.4, -0.2) is 0 Å². The van der Waals surface area contributed by atoms with E-state index in [1.165, 1.54) is 48.0 Å². The average molecular weight is 311 g/mol. The van der Waals surface area contributed by atoms with Gasteiger partial charge in [-0.25, -0.2) is 0 Å². The smallest absolute Gasteiger partial charge is 0.0338 e. The van der Waals surface area contributed by atoms with Gasteiger partial charge in [0.2, 0.25) is 0 Å². The van der Waals surface area contributed by atoms with Crippen LogP contribution in [0.2, 0.25) is 0 Å². The lowest BCUT2D eigenvalue weighted by Gasteiger charge is -2.36. The number of rotatable bonds is 8. The summed E-state index contributed by atoms with van der Waals surface area (Å²) < 4.78 is 0. The van der Waals surface area contributed by atoms with Crippen molar-refractivity contribution in [1.82, 2.24) is 0 Å². The van der Waals surface area contributed by atoms with Crippen molar-refractivity contribution in [2.45, 2.75) is 66.2 Å². The fourth-order valence-corrected chi connectivity index (χ4v) is 3.78. The number of hydrogen-bond donors (Lipinski definition) is 0. The molecule has 0 aromatic heterocycles. The van der Waals surface area contributed by atoms with Gasteiger partial charge in [0, 0.05) is 5.41 Å². The van der Waals surface area contributed by atoms with E-state index < -0.39 is 0 Å². The highest BCUT2D eigenvalue weighted by molar-refractivity contribution is 5.50. The molecular weight excluding hydrogens is 276 g/mol. The minimum atomic E-state index is -0.113. The molecule has 1 rings (SSSR count). The lowest BCUT2D eigenvalue weighted by Crippen LogP contribution is -2.23. The van der Waals surface area contributed by atoms with Crippen LogP contribution in [0.3, 0.4) is 0 Å². The molecule has 1 aliphatic rings. The first-order chi connectivity index (χ1) is 11.1. The van der Waals surface area contributed by atoms with E-state index in [4.69, 9.17) is 0 Å². The molecule has 0 radical (unpaired) electrons. The summed E-state index contributed by atoms with van der Waals surface area (Å²) in [6.45, 7) is 17.0. The van der Waals surface area contributed by atoms with Crippen molar-refractivity contribution >= 4 is 0 Å². The van der Waals surface area contributed by atoms with Crippen LogP contribution in [0.15, 0.2) is 71.9 Å². The van der Waals surface area contributed by atoms with Crippen LogP contribution >= 0.6 is 0 Å². The zero-order chi connectivity index (χ0) is 17.3. The molecule has 126 valence electrons. The Morgan fingerprint density at radius 1 is 1.26 bits per heavy atom. The zero-order valence-electron chi connectivity index (χ0n) is 15.6. The molecular formula is C23H34. The fraction of sp³-hybridized carbons (Fsp3) is 0.478. The van der Waals surface area contributed by atoms with Crippen molar-refractivity contribution in [3.8, 4) is 0 Å². The molecule has 0 nitrogen and oxygen atoms in total. The second-order valence-electron chi connectivity index (χ2n) is 6.47. The lowest BCUT2D eigenvalue weighted by molar-refractivity contribution is 0.534. The molecule has 0 amide bonds. The van der Waals surface area contributed by atoms with Gasteiger partial charge in [0.05, 0.1) is 0 Å². The maximum absolute atomic E-state index is 4.34. The second kappa shape index (κ2) is 9.55. The Kier molecular flexibility index (Phi) is 8.09. The Hall–Kier alpha value is -1.56.